The van der Waals surface area contributed by atoms with Gasteiger partial charge in [0.2, 0.25) is 0 Å². The number of phenols is 1. The Hall–Kier alpha value is -3.81. The van der Waals surface area contributed by atoms with Gasteiger partial charge in [-0.05, 0) is 48.6 Å². The lowest BCUT2D eigenvalue weighted by Crippen LogP contribution is -2.60. The van der Waals surface area contributed by atoms with Gasteiger partial charge in [-0.15, -0.1) is 23.2 Å². The number of aromatic nitrogens is 1. The van der Waals surface area contributed by atoms with E-state index in [1.54, 1.807) is 30.4 Å². The number of likely N-dealkylation sites (tertiary alicyclic amines) is 1. The number of benzene rings is 1. The highest BCUT2D eigenvalue weighted by atomic mass is 35.5. The molecule has 248 valence electrons. The first-order valence-electron chi connectivity index (χ1n) is 14.3. The second-order valence-electron chi connectivity index (χ2n) is 11.8. The Kier molecular flexibility index (Phi) is 7.84. The van der Waals surface area contributed by atoms with Crippen LogP contribution in [-0.4, -0.2) is 74.6 Å². The van der Waals surface area contributed by atoms with Gasteiger partial charge in [0.05, 0.1) is 24.0 Å². The van der Waals surface area contributed by atoms with Crippen LogP contribution in [0.1, 0.15) is 24.1 Å². The molecule has 2 aliphatic heterocycles. The molecule has 1 saturated carbocycles. The lowest BCUT2D eigenvalue weighted by molar-refractivity contribution is -0.141. The maximum atomic E-state index is 14.1. The number of nitrogens with zero attached hydrogens (tertiary/aromatic N) is 4. The molecule has 1 aromatic heterocycles. The lowest BCUT2D eigenvalue weighted by atomic mass is 9.57. The molecule has 4 aliphatic rings. The zero-order chi connectivity index (χ0) is 34.4. The number of imide groups is 2. The normalized spacial score (nSPS) is 30.4. The Morgan fingerprint density at radius 1 is 1.09 bits per heavy atom. The highest BCUT2D eigenvalue weighted by molar-refractivity contribution is 6.53. The topological polar surface area (TPSA) is 120 Å². The minimum Gasteiger partial charge on any atom is -0.504 e. The van der Waals surface area contributed by atoms with Crippen molar-refractivity contribution in [2.24, 2.45) is 23.7 Å². The number of phenolic OH excluding ortho intramolecular Hbond substituents is 1. The highest BCUT2D eigenvalue weighted by Gasteiger charge is 2.75. The van der Waals surface area contributed by atoms with E-state index in [9.17, 15) is 37.5 Å². The van der Waals surface area contributed by atoms with Gasteiger partial charge in [-0.3, -0.25) is 29.1 Å². The molecule has 0 radical (unpaired) electrons. The number of ether oxygens (including phenoxy) is 1. The van der Waals surface area contributed by atoms with Gasteiger partial charge in [-0.1, -0.05) is 41.5 Å². The average Bonchev–Trinajstić information content (AvgIpc) is 3.35. The van der Waals surface area contributed by atoms with Crippen LogP contribution in [0.5, 0.6) is 11.5 Å². The smallest absolute Gasteiger partial charge is 0.433 e. The molecule has 0 unspecified atom stereocenters. The third-order valence-corrected chi connectivity index (χ3v) is 11.2. The Morgan fingerprint density at radius 3 is 2.45 bits per heavy atom. The number of amides is 4. The van der Waals surface area contributed by atoms with Gasteiger partial charge in [0.15, 0.2) is 27.1 Å². The largest absolute Gasteiger partial charge is 0.504 e. The number of carbonyl (C=O) groups is 4. The van der Waals surface area contributed by atoms with E-state index in [1.807, 2.05) is 0 Å². The molecule has 0 bridgehead atoms. The molecular formula is C31H26Cl3F3N4O6. The van der Waals surface area contributed by atoms with E-state index in [0.29, 0.717) is 22.2 Å². The maximum Gasteiger partial charge on any atom is 0.433 e. The third kappa shape index (κ3) is 4.72. The van der Waals surface area contributed by atoms with E-state index in [1.165, 1.54) is 27.3 Å². The van der Waals surface area contributed by atoms with Gasteiger partial charge >= 0.3 is 6.18 Å². The van der Waals surface area contributed by atoms with Crippen molar-refractivity contribution < 1.29 is 42.2 Å². The number of pyridine rings is 1. The number of aromatic hydroxyl groups is 1. The van der Waals surface area contributed by atoms with Crippen LogP contribution in [0.25, 0.3) is 6.08 Å². The lowest BCUT2D eigenvalue weighted by Gasteiger charge is -2.49. The third-order valence-electron chi connectivity index (χ3n) is 9.46. The van der Waals surface area contributed by atoms with Gasteiger partial charge in [-0.25, -0.2) is 4.98 Å². The Bertz CT molecular complexity index is 1800. The predicted octanol–water partition coefficient (Wildman–Crippen LogP) is 5.05. The molecule has 2 aliphatic carbocycles. The second kappa shape index (κ2) is 11.1. The molecule has 2 saturated heterocycles. The van der Waals surface area contributed by atoms with E-state index in [-0.39, 0.29) is 29.4 Å². The number of rotatable bonds is 5. The van der Waals surface area contributed by atoms with E-state index >= 15 is 0 Å². The van der Waals surface area contributed by atoms with E-state index in [0.717, 1.165) is 16.0 Å². The standard InChI is InChI=1S/C31H26Cl3F3N4O6/c1-39-27(45)29(33)13-17-15(18(30(29,34)28(39)46)8-4-14-5-10-20(42)21(12-14)47-3)6-7-16-23(17)26(44)41(25(16)43)40(2)24-19(32)9-11-22(38-24)31(35,36)37/h4-6,8-12,16-18,23,42H,7,13H2,1-3H3/t16-,17+,18-,23-,29+,30-/m0/s1. The predicted molar refractivity (Wildman–Crippen MR) is 164 cm³/mol. The summed E-state index contributed by atoms with van der Waals surface area (Å²) in [5, 5.41) is 11.4. The Morgan fingerprint density at radius 2 is 1.79 bits per heavy atom. The summed E-state index contributed by atoms with van der Waals surface area (Å²) in [5.74, 6) is -7.28. The fourth-order valence-electron chi connectivity index (χ4n) is 7.19. The van der Waals surface area contributed by atoms with Crippen LogP contribution < -0.4 is 9.75 Å². The summed E-state index contributed by atoms with van der Waals surface area (Å²) < 4.78 is 45.6. The summed E-state index contributed by atoms with van der Waals surface area (Å²) in [6.45, 7) is 0. The van der Waals surface area contributed by atoms with Gasteiger partial charge in [0, 0.05) is 20.0 Å². The van der Waals surface area contributed by atoms with Crippen LogP contribution in [0.2, 0.25) is 5.02 Å². The molecular weight excluding hydrogens is 688 g/mol. The van der Waals surface area contributed by atoms with Crippen molar-refractivity contribution in [3.8, 4) is 11.5 Å². The van der Waals surface area contributed by atoms with Crippen LogP contribution >= 0.6 is 34.8 Å². The number of methoxy groups -OCH3 is 1. The number of alkyl halides is 5. The number of halogens is 6. The van der Waals surface area contributed by atoms with Crippen molar-refractivity contribution in [3.63, 3.8) is 0 Å². The first kappa shape index (κ1) is 33.1. The number of carbonyl (C=O) groups excluding carboxylic acids is 4. The molecule has 3 fully saturated rings. The molecule has 16 heteroatoms. The van der Waals surface area contributed by atoms with Gasteiger partial charge in [0.25, 0.3) is 23.6 Å². The Balaban J connectivity index is 1.42. The van der Waals surface area contributed by atoms with Crippen LogP contribution in [0.4, 0.5) is 19.0 Å². The minimum atomic E-state index is -4.82. The SMILES string of the molecule is COc1cc(C=C[C@H]2C3=CC[C@@H]4C(=O)N(N(C)c5nc(C(F)(F)F)ccc5Cl)C(=O)[C@@H]4[C@@H]3C[C@@]3(Cl)C(=O)N(C)C(=O)[C@@]23Cl)ccc1O. The van der Waals surface area contributed by atoms with Crippen LogP contribution in [0.3, 0.4) is 0 Å². The Labute approximate surface area is 281 Å². The summed E-state index contributed by atoms with van der Waals surface area (Å²) >= 11 is 20.4. The zero-order valence-corrected chi connectivity index (χ0v) is 27.2. The van der Waals surface area contributed by atoms with E-state index in [2.05, 4.69) is 4.98 Å². The summed E-state index contributed by atoms with van der Waals surface area (Å²) in [6, 6.07) is 6.19. The number of hydrazine groups is 1. The van der Waals surface area contributed by atoms with Crippen LogP contribution in [0, 0.1) is 23.7 Å². The fourth-order valence-corrected chi connectivity index (χ4v) is 8.39. The number of fused-ring (bicyclic) bond motifs is 4. The van der Waals surface area contributed by atoms with Crippen LogP contribution in [0.15, 0.2) is 48.1 Å². The van der Waals surface area contributed by atoms with Crippen molar-refractivity contribution in [1.29, 1.82) is 0 Å². The van der Waals surface area contributed by atoms with Crippen molar-refractivity contribution in [2.45, 2.75) is 28.8 Å². The fraction of sp³-hybridized carbons (Fsp3) is 0.387. The number of allylic oxidation sites excluding steroid dienone is 3. The van der Waals surface area contributed by atoms with Gasteiger partial charge < -0.3 is 9.84 Å². The number of anilines is 1. The molecule has 1 aromatic carbocycles. The number of hydrogen-bond donors (Lipinski definition) is 1. The molecule has 6 atom stereocenters. The molecule has 6 rings (SSSR count). The second-order valence-corrected chi connectivity index (χ2v) is 13.5. The molecule has 0 spiro atoms. The molecule has 47 heavy (non-hydrogen) atoms. The van der Waals surface area contributed by atoms with Crippen molar-refractivity contribution in [3.05, 3.63) is 64.3 Å². The van der Waals surface area contributed by atoms with Crippen molar-refractivity contribution in [1.82, 2.24) is 14.9 Å². The monoisotopic (exact) mass is 712 g/mol. The van der Waals surface area contributed by atoms with Gasteiger partial charge in [-0.2, -0.15) is 18.2 Å². The minimum absolute atomic E-state index is 0.0345. The molecule has 10 nitrogen and oxygen atoms in total. The quantitative estimate of drug-likeness (QED) is 0.260. The van der Waals surface area contributed by atoms with Crippen molar-refractivity contribution >= 4 is 70.3 Å². The molecule has 1 N–H and O–H groups in total. The summed E-state index contributed by atoms with van der Waals surface area (Å²) in [7, 11) is 3.84. The zero-order valence-electron chi connectivity index (χ0n) is 24.9. The van der Waals surface area contributed by atoms with Crippen molar-refractivity contribution in [2.75, 3.05) is 26.2 Å². The molecule has 2 aromatic rings. The average molecular weight is 714 g/mol. The van der Waals surface area contributed by atoms with Gasteiger partial charge in [0.1, 0.15) is 5.69 Å². The van der Waals surface area contributed by atoms with E-state index in [4.69, 9.17) is 39.5 Å². The summed E-state index contributed by atoms with van der Waals surface area (Å²) in [6.07, 6.45) is -0.135. The first-order chi connectivity index (χ1) is 22.0. The molecule has 3 heterocycles. The summed E-state index contributed by atoms with van der Waals surface area (Å²) in [4.78, 5) is 55.5. The maximum absolute atomic E-state index is 14.1. The van der Waals surface area contributed by atoms with Crippen LogP contribution in [-0.2, 0) is 25.4 Å². The number of hydrogen-bond acceptors (Lipinski definition) is 8. The van der Waals surface area contributed by atoms with E-state index < -0.39 is 74.7 Å². The highest BCUT2D eigenvalue weighted by Crippen LogP contribution is 2.63. The molecule has 4 amide bonds. The first-order valence-corrected chi connectivity index (χ1v) is 15.4. The summed E-state index contributed by atoms with van der Waals surface area (Å²) in [5.41, 5.74) is -0.211.